The number of nitrogen functional groups attached to an aromatic ring is 1. The highest BCUT2D eigenvalue weighted by molar-refractivity contribution is 5.92. The van der Waals surface area contributed by atoms with Crippen LogP contribution in [-0.4, -0.2) is 21.9 Å². The number of ether oxygens (including phenoxy) is 1. The minimum atomic E-state index is -0.0624. The van der Waals surface area contributed by atoms with E-state index in [0.29, 0.717) is 23.5 Å². The van der Waals surface area contributed by atoms with Gasteiger partial charge in [0.1, 0.15) is 17.6 Å². The molecule has 0 aliphatic heterocycles. The van der Waals surface area contributed by atoms with E-state index in [0.717, 1.165) is 12.8 Å². The van der Waals surface area contributed by atoms with Gasteiger partial charge in [0, 0.05) is 6.20 Å². The zero-order valence-corrected chi connectivity index (χ0v) is 10.9. The van der Waals surface area contributed by atoms with Crippen molar-refractivity contribution in [3.63, 3.8) is 0 Å². The van der Waals surface area contributed by atoms with Crippen LogP contribution in [0, 0.1) is 17.2 Å². The average molecular weight is 248 g/mol. The fraction of sp³-hybridized carbons (Fsp3) is 0.615. The van der Waals surface area contributed by atoms with E-state index in [-0.39, 0.29) is 11.9 Å². The first-order valence-electron chi connectivity index (χ1n) is 6.38. The molecule has 1 fully saturated rings. The quantitative estimate of drug-likeness (QED) is 0.632. The van der Waals surface area contributed by atoms with Gasteiger partial charge in [0.2, 0.25) is 0 Å². The minimum Gasteiger partial charge on any atom is -0.460 e. The predicted octanol–water partition coefficient (Wildman–Crippen LogP) is 1.96. The van der Waals surface area contributed by atoms with Crippen molar-refractivity contribution in [1.82, 2.24) is 9.97 Å². The summed E-state index contributed by atoms with van der Waals surface area (Å²) >= 11 is 0. The van der Waals surface area contributed by atoms with Crippen molar-refractivity contribution in [2.24, 2.45) is 17.6 Å². The SMILES string of the molecule is CC1CC(C)CC(Oc2nccc(C(=N)N)n2)C1. The van der Waals surface area contributed by atoms with Crippen LogP contribution in [-0.2, 0) is 0 Å². The van der Waals surface area contributed by atoms with Gasteiger partial charge in [-0.15, -0.1) is 0 Å². The molecule has 5 nitrogen and oxygen atoms in total. The van der Waals surface area contributed by atoms with Crippen LogP contribution in [0.15, 0.2) is 12.3 Å². The van der Waals surface area contributed by atoms with Gasteiger partial charge in [0.25, 0.3) is 0 Å². The largest absolute Gasteiger partial charge is 0.460 e. The van der Waals surface area contributed by atoms with Gasteiger partial charge in [-0.05, 0) is 37.2 Å². The molecule has 0 aromatic carbocycles. The highest BCUT2D eigenvalue weighted by atomic mass is 16.5. The van der Waals surface area contributed by atoms with Crippen molar-refractivity contribution >= 4 is 5.84 Å². The number of hydrogen-bond donors (Lipinski definition) is 2. The first-order chi connectivity index (χ1) is 8.54. The van der Waals surface area contributed by atoms with Crippen LogP contribution in [0.25, 0.3) is 0 Å². The van der Waals surface area contributed by atoms with Gasteiger partial charge in [-0.25, -0.2) is 4.98 Å². The molecule has 1 heterocycles. The summed E-state index contributed by atoms with van der Waals surface area (Å²) in [4.78, 5) is 8.21. The van der Waals surface area contributed by atoms with E-state index in [9.17, 15) is 0 Å². The van der Waals surface area contributed by atoms with Gasteiger partial charge >= 0.3 is 6.01 Å². The molecule has 5 heteroatoms. The van der Waals surface area contributed by atoms with Crippen LogP contribution in [0.5, 0.6) is 6.01 Å². The van der Waals surface area contributed by atoms with Crippen LogP contribution < -0.4 is 10.5 Å². The Morgan fingerprint density at radius 1 is 1.33 bits per heavy atom. The van der Waals surface area contributed by atoms with Crippen LogP contribution in [0.3, 0.4) is 0 Å². The van der Waals surface area contributed by atoms with Gasteiger partial charge in [0.05, 0.1) is 0 Å². The molecule has 1 saturated carbocycles. The van der Waals surface area contributed by atoms with E-state index in [1.165, 1.54) is 6.42 Å². The molecule has 0 saturated heterocycles. The Hall–Kier alpha value is -1.65. The molecule has 1 aliphatic carbocycles. The molecule has 18 heavy (non-hydrogen) atoms. The highest BCUT2D eigenvalue weighted by Crippen LogP contribution is 2.30. The molecule has 0 spiro atoms. The molecule has 0 amide bonds. The molecule has 1 aromatic heterocycles. The van der Waals surface area contributed by atoms with E-state index >= 15 is 0 Å². The van der Waals surface area contributed by atoms with Gasteiger partial charge in [0.15, 0.2) is 0 Å². The van der Waals surface area contributed by atoms with Crippen LogP contribution in [0.2, 0.25) is 0 Å². The molecule has 2 atom stereocenters. The molecule has 2 unspecified atom stereocenters. The molecule has 2 rings (SSSR count). The average Bonchev–Trinajstić information content (AvgIpc) is 2.27. The molecule has 0 radical (unpaired) electrons. The fourth-order valence-corrected chi connectivity index (χ4v) is 2.67. The third-order valence-corrected chi connectivity index (χ3v) is 3.32. The molecular weight excluding hydrogens is 228 g/mol. The second kappa shape index (κ2) is 5.33. The zero-order chi connectivity index (χ0) is 13.1. The topological polar surface area (TPSA) is 84.9 Å². The van der Waals surface area contributed by atoms with E-state index in [2.05, 4.69) is 23.8 Å². The standard InChI is InChI=1S/C13H20N4O/c1-8-5-9(2)7-10(6-8)18-13-16-4-3-11(17-13)12(14)15/h3-4,8-10H,5-7H2,1-2H3,(H3,14,15). The normalized spacial score (nSPS) is 27.8. The molecule has 0 bridgehead atoms. The number of nitrogens with zero attached hydrogens (tertiary/aromatic N) is 2. The summed E-state index contributed by atoms with van der Waals surface area (Å²) in [5.41, 5.74) is 5.81. The van der Waals surface area contributed by atoms with Gasteiger partial charge in [-0.2, -0.15) is 4.98 Å². The second-order valence-electron chi connectivity index (χ2n) is 5.30. The van der Waals surface area contributed by atoms with E-state index in [1.807, 2.05) is 0 Å². The Kier molecular flexibility index (Phi) is 3.79. The van der Waals surface area contributed by atoms with Crippen LogP contribution in [0.4, 0.5) is 0 Å². The Bertz CT molecular complexity index is 425. The van der Waals surface area contributed by atoms with Gasteiger partial charge in [-0.3, -0.25) is 5.41 Å². The lowest BCUT2D eigenvalue weighted by Gasteiger charge is -2.30. The summed E-state index contributed by atoms with van der Waals surface area (Å²) in [5.74, 6) is 1.29. The monoisotopic (exact) mass is 248 g/mol. The number of rotatable bonds is 3. The Morgan fingerprint density at radius 2 is 2.00 bits per heavy atom. The van der Waals surface area contributed by atoms with Gasteiger partial charge < -0.3 is 10.5 Å². The third-order valence-electron chi connectivity index (χ3n) is 3.32. The third kappa shape index (κ3) is 3.18. The van der Waals surface area contributed by atoms with Crippen molar-refractivity contribution in [3.05, 3.63) is 18.0 Å². The van der Waals surface area contributed by atoms with Crippen molar-refractivity contribution in [2.75, 3.05) is 0 Å². The van der Waals surface area contributed by atoms with Crippen LogP contribution in [0.1, 0.15) is 38.8 Å². The van der Waals surface area contributed by atoms with Crippen molar-refractivity contribution < 1.29 is 4.74 Å². The lowest BCUT2D eigenvalue weighted by atomic mass is 9.82. The summed E-state index contributed by atoms with van der Waals surface area (Å²) in [6.07, 6.45) is 5.09. The van der Waals surface area contributed by atoms with Crippen molar-refractivity contribution in [1.29, 1.82) is 5.41 Å². The number of aromatic nitrogens is 2. The second-order valence-corrected chi connectivity index (χ2v) is 5.30. The minimum absolute atomic E-state index is 0.0624. The maximum atomic E-state index is 7.35. The number of nitrogens with one attached hydrogen (secondary N) is 1. The molecular formula is C13H20N4O. The van der Waals surface area contributed by atoms with Crippen molar-refractivity contribution in [3.8, 4) is 6.01 Å². The maximum Gasteiger partial charge on any atom is 0.317 e. The maximum absolute atomic E-state index is 7.35. The lowest BCUT2D eigenvalue weighted by Crippen LogP contribution is -2.29. The summed E-state index contributed by atoms with van der Waals surface area (Å²) in [6.45, 7) is 4.50. The summed E-state index contributed by atoms with van der Waals surface area (Å²) in [5, 5.41) is 7.35. The number of amidine groups is 1. The number of nitrogens with two attached hydrogens (primary N) is 1. The smallest absolute Gasteiger partial charge is 0.317 e. The lowest BCUT2D eigenvalue weighted by molar-refractivity contribution is 0.0919. The molecule has 98 valence electrons. The summed E-state index contributed by atoms with van der Waals surface area (Å²) in [6, 6.07) is 1.94. The predicted molar refractivity (Wildman–Crippen MR) is 69.6 cm³/mol. The van der Waals surface area contributed by atoms with Crippen LogP contribution >= 0.6 is 0 Å². The number of hydrogen-bond acceptors (Lipinski definition) is 4. The Morgan fingerprint density at radius 3 is 2.61 bits per heavy atom. The summed E-state index contributed by atoms with van der Waals surface area (Å²) in [7, 11) is 0. The fourth-order valence-electron chi connectivity index (χ4n) is 2.67. The summed E-state index contributed by atoms with van der Waals surface area (Å²) < 4.78 is 5.81. The highest BCUT2D eigenvalue weighted by Gasteiger charge is 2.25. The Balaban J connectivity index is 2.04. The zero-order valence-electron chi connectivity index (χ0n) is 10.9. The van der Waals surface area contributed by atoms with E-state index in [1.54, 1.807) is 12.3 Å². The van der Waals surface area contributed by atoms with Crippen molar-refractivity contribution in [2.45, 2.75) is 39.2 Å². The van der Waals surface area contributed by atoms with E-state index in [4.69, 9.17) is 15.9 Å². The molecule has 1 aromatic rings. The first kappa shape index (κ1) is 12.8. The molecule has 3 N–H and O–H groups in total. The Labute approximate surface area is 107 Å². The first-order valence-corrected chi connectivity index (χ1v) is 6.38. The van der Waals surface area contributed by atoms with Gasteiger partial charge in [-0.1, -0.05) is 13.8 Å². The van der Waals surface area contributed by atoms with E-state index < -0.39 is 0 Å². The molecule has 1 aliphatic rings.